The summed E-state index contributed by atoms with van der Waals surface area (Å²) in [7, 11) is 0. The Morgan fingerprint density at radius 2 is 2.15 bits per heavy atom. The van der Waals surface area contributed by atoms with Gasteiger partial charge < -0.3 is 19.7 Å². The van der Waals surface area contributed by atoms with Gasteiger partial charge in [-0.1, -0.05) is 0 Å². The third-order valence-corrected chi connectivity index (χ3v) is 3.91. The summed E-state index contributed by atoms with van der Waals surface area (Å²) in [5, 5.41) is 3.36. The van der Waals surface area contributed by atoms with Crippen molar-refractivity contribution in [2.24, 2.45) is 0 Å². The lowest BCUT2D eigenvalue weighted by Crippen LogP contribution is -2.47. The van der Waals surface area contributed by atoms with E-state index in [1.54, 1.807) is 24.1 Å². The number of amides is 1. The van der Waals surface area contributed by atoms with Crippen LogP contribution < -0.4 is 5.32 Å². The van der Waals surface area contributed by atoms with Crippen molar-refractivity contribution < 1.29 is 19.1 Å². The molecule has 1 amide bonds. The Morgan fingerprint density at radius 1 is 1.37 bits per heavy atom. The van der Waals surface area contributed by atoms with Gasteiger partial charge in [0.2, 0.25) is 0 Å². The zero-order valence-electron chi connectivity index (χ0n) is 16.5. The highest BCUT2D eigenvalue weighted by molar-refractivity contribution is 5.86. The first-order chi connectivity index (χ1) is 12.8. The number of carbonyl (C=O) groups excluding carboxylic acids is 2. The van der Waals surface area contributed by atoms with Gasteiger partial charge in [0.25, 0.3) is 0 Å². The Labute approximate surface area is 160 Å². The highest BCUT2D eigenvalue weighted by Gasteiger charge is 2.27. The van der Waals surface area contributed by atoms with Crippen LogP contribution in [0.1, 0.15) is 46.1 Å². The van der Waals surface area contributed by atoms with E-state index in [2.05, 4.69) is 10.3 Å². The lowest BCUT2D eigenvalue weighted by Gasteiger charge is -2.34. The molecule has 1 saturated heterocycles. The smallest absolute Gasteiger partial charge is 0.410 e. The number of nitrogens with one attached hydrogen (secondary N) is 1. The van der Waals surface area contributed by atoms with Gasteiger partial charge in [0, 0.05) is 31.4 Å². The van der Waals surface area contributed by atoms with Gasteiger partial charge in [0.1, 0.15) is 11.4 Å². The van der Waals surface area contributed by atoms with E-state index in [1.807, 2.05) is 32.9 Å². The summed E-state index contributed by atoms with van der Waals surface area (Å²) in [5.74, 6) is 0.364. The summed E-state index contributed by atoms with van der Waals surface area (Å²) in [5.41, 5.74) is 0.318. The first-order valence-corrected chi connectivity index (χ1v) is 9.32. The molecule has 7 heteroatoms. The summed E-state index contributed by atoms with van der Waals surface area (Å²) < 4.78 is 10.3. The molecule has 2 rings (SSSR count). The molecule has 1 aromatic heterocycles. The number of esters is 1. The standard InChI is InChI=1S/C20H29N3O4/c1-5-26-18(24)11-9-15-8-10-17(21-13-15)22-16-7-6-12-23(14-16)19(25)27-20(2,3)4/h8-11,13,16H,5-7,12,14H2,1-4H3,(H,21,22)/t16-/m1/s1. The van der Waals surface area contributed by atoms with Crippen molar-refractivity contribution in [1.29, 1.82) is 0 Å². The Kier molecular flexibility index (Phi) is 7.21. The summed E-state index contributed by atoms with van der Waals surface area (Å²) in [6, 6.07) is 3.86. The molecule has 0 bridgehead atoms. The lowest BCUT2D eigenvalue weighted by atomic mass is 10.1. The quantitative estimate of drug-likeness (QED) is 0.627. The number of hydrogen-bond acceptors (Lipinski definition) is 6. The molecule has 1 atom stereocenters. The minimum absolute atomic E-state index is 0.125. The van der Waals surface area contributed by atoms with Gasteiger partial charge in [-0.25, -0.2) is 14.6 Å². The molecular weight excluding hydrogens is 346 g/mol. The van der Waals surface area contributed by atoms with Crippen LogP contribution in [0, 0.1) is 0 Å². The molecule has 0 saturated carbocycles. The molecule has 0 spiro atoms. The van der Waals surface area contributed by atoms with Gasteiger partial charge in [-0.2, -0.15) is 0 Å². The SMILES string of the molecule is CCOC(=O)C=Cc1ccc(N[C@@H]2CCCN(C(=O)OC(C)(C)C)C2)nc1. The van der Waals surface area contributed by atoms with Gasteiger partial charge >= 0.3 is 12.1 Å². The van der Waals surface area contributed by atoms with Crippen molar-refractivity contribution in [3.63, 3.8) is 0 Å². The van der Waals surface area contributed by atoms with Crippen LogP contribution in [0.15, 0.2) is 24.4 Å². The molecular formula is C20H29N3O4. The van der Waals surface area contributed by atoms with Crippen LogP contribution >= 0.6 is 0 Å². The average Bonchev–Trinajstić information content (AvgIpc) is 2.60. The van der Waals surface area contributed by atoms with Crippen LogP contribution in [0.2, 0.25) is 0 Å². The number of ether oxygens (including phenoxy) is 2. The van der Waals surface area contributed by atoms with Gasteiger partial charge in [-0.15, -0.1) is 0 Å². The van der Waals surface area contributed by atoms with Crippen LogP contribution in [-0.2, 0) is 14.3 Å². The molecule has 1 aliphatic heterocycles. The fourth-order valence-corrected chi connectivity index (χ4v) is 2.74. The summed E-state index contributed by atoms with van der Waals surface area (Å²) in [6.45, 7) is 9.01. The molecule has 27 heavy (non-hydrogen) atoms. The van der Waals surface area contributed by atoms with Crippen molar-refractivity contribution in [3.8, 4) is 0 Å². The fraction of sp³-hybridized carbons (Fsp3) is 0.550. The van der Waals surface area contributed by atoms with E-state index in [0.717, 1.165) is 24.2 Å². The maximum atomic E-state index is 12.2. The van der Waals surface area contributed by atoms with E-state index in [0.29, 0.717) is 19.7 Å². The highest BCUT2D eigenvalue weighted by atomic mass is 16.6. The van der Waals surface area contributed by atoms with E-state index >= 15 is 0 Å². The number of nitrogens with zero attached hydrogens (tertiary/aromatic N) is 2. The zero-order valence-corrected chi connectivity index (χ0v) is 16.5. The molecule has 0 aromatic carbocycles. The summed E-state index contributed by atoms with van der Waals surface area (Å²) in [6.07, 6.45) is 6.34. The topological polar surface area (TPSA) is 80.8 Å². The molecule has 0 unspecified atom stereocenters. The minimum atomic E-state index is -0.494. The molecule has 1 N–H and O–H groups in total. The molecule has 0 radical (unpaired) electrons. The number of likely N-dealkylation sites (tertiary alicyclic amines) is 1. The van der Waals surface area contributed by atoms with Crippen LogP contribution in [-0.4, -0.2) is 53.3 Å². The summed E-state index contributed by atoms with van der Waals surface area (Å²) in [4.78, 5) is 29.7. The predicted octanol–water partition coefficient (Wildman–Crippen LogP) is 3.47. The Morgan fingerprint density at radius 3 is 2.78 bits per heavy atom. The van der Waals surface area contributed by atoms with Crippen molar-refractivity contribution in [3.05, 3.63) is 30.0 Å². The molecule has 2 heterocycles. The zero-order chi connectivity index (χ0) is 19.9. The van der Waals surface area contributed by atoms with Crippen molar-refractivity contribution in [1.82, 2.24) is 9.88 Å². The number of pyridine rings is 1. The average molecular weight is 375 g/mol. The molecule has 0 aliphatic carbocycles. The van der Waals surface area contributed by atoms with E-state index in [-0.39, 0.29) is 18.1 Å². The fourth-order valence-electron chi connectivity index (χ4n) is 2.74. The Hall–Kier alpha value is -2.57. The second-order valence-corrected chi connectivity index (χ2v) is 7.47. The second kappa shape index (κ2) is 9.39. The van der Waals surface area contributed by atoms with Crippen LogP contribution in [0.3, 0.4) is 0 Å². The van der Waals surface area contributed by atoms with Crippen LogP contribution in [0.5, 0.6) is 0 Å². The van der Waals surface area contributed by atoms with Crippen molar-refractivity contribution >= 4 is 24.0 Å². The third kappa shape index (κ3) is 7.29. The summed E-state index contributed by atoms with van der Waals surface area (Å²) >= 11 is 0. The number of piperidine rings is 1. The molecule has 148 valence electrons. The lowest BCUT2D eigenvalue weighted by molar-refractivity contribution is -0.137. The number of hydrogen-bond donors (Lipinski definition) is 1. The van der Waals surface area contributed by atoms with Gasteiger partial charge in [-0.05, 0) is 64.3 Å². The Bertz CT molecular complexity index is 665. The third-order valence-electron chi connectivity index (χ3n) is 3.91. The maximum Gasteiger partial charge on any atom is 0.410 e. The number of rotatable bonds is 5. The normalized spacial score (nSPS) is 17.6. The van der Waals surface area contributed by atoms with E-state index in [9.17, 15) is 9.59 Å². The maximum absolute atomic E-state index is 12.2. The first-order valence-electron chi connectivity index (χ1n) is 9.32. The second-order valence-electron chi connectivity index (χ2n) is 7.47. The number of carbonyl (C=O) groups is 2. The van der Waals surface area contributed by atoms with Crippen molar-refractivity contribution in [2.75, 3.05) is 25.0 Å². The molecule has 1 fully saturated rings. The highest BCUT2D eigenvalue weighted by Crippen LogP contribution is 2.18. The van der Waals surface area contributed by atoms with E-state index in [1.165, 1.54) is 6.08 Å². The number of anilines is 1. The first kappa shape index (κ1) is 20.7. The van der Waals surface area contributed by atoms with E-state index < -0.39 is 5.60 Å². The van der Waals surface area contributed by atoms with Gasteiger partial charge in [-0.3, -0.25) is 0 Å². The van der Waals surface area contributed by atoms with Crippen molar-refractivity contribution in [2.45, 2.75) is 52.2 Å². The monoisotopic (exact) mass is 375 g/mol. The predicted molar refractivity (Wildman–Crippen MR) is 104 cm³/mol. The largest absolute Gasteiger partial charge is 0.463 e. The van der Waals surface area contributed by atoms with Crippen LogP contribution in [0.4, 0.5) is 10.6 Å². The van der Waals surface area contributed by atoms with E-state index in [4.69, 9.17) is 9.47 Å². The molecule has 1 aliphatic rings. The Balaban J connectivity index is 1.89. The van der Waals surface area contributed by atoms with Gasteiger partial charge in [0.15, 0.2) is 0 Å². The van der Waals surface area contributed by atoms with Gasteiger partial charge in [0.05, 0.1) is 6.61 Å². The number of aromatic nitrogens is 1. The molecule has 7 nitrogen and oxygen atoms in total. The molecule has 1 aromatic rings. The minimum Gasteiger partial charge on any atom is -0.463 e. The van der Waals surface area contributed by atoms with Crippen LogP contribution in [0.25, 0.3) is 6.08 Å².